The third kappa shape index (κ3) is 4.61. The molecule has 20 heavy (non-hydrogen) atoms. The molecule has 0 fully saturated rings. The number of carboxylic acids is 1. The summed E-state index contributed by atoms with van der Waals surface area (Å²) in [5, 5.41) is 8.86. The molecule has 0 aliphatic rings. The Balaban J connectivity index is 2.63. The van der Waals surface area contributed by atoms with Crippen molar-refractivity contribution in [2.45, 2.75) is 0 Å². The molecule has 1 aromatic carbocycles. The fraction of sp³-hybridized carbons (Fsp3) is 0.200. The quantitative estimate of drug-likeness (QED) is 0.736. The fourth-order valence-electron chi connectivity index (χ4n) is 1.55. The predicted octanol–water partition coefficient (Wildman–Crippen LogP) is 1.96. The van der Waals surface area contributed by atoms with Crippen molar-refractivity contribution in [1.82, 2.24) is 4.90 Å². The van der Waals surface area contributed by atoms with Crippen LogP contribution in [0.1, 0.15) is 10.4 Å². The van der Waals surface area contributed by atoms with E-state index < -0.39 is 5.97 Å². The second-order valence-corrected chi connectivity index (χ2v) is 4.00. The molecule has 0 heterocycles. The third-order valence-electron chi connectivity index (χ3n) is 2.49. The highest BCUT2D eigenvalue weighted by atomic mass is 16.5. The van der Waals surface area contributed by atoms with Crippen molar-refractivity contribution in [3.63, 3.8) is 0 Å². The smallest absolute Gasteiger partial charge is 0.335 e. The maximum atomic E-state index is 11.9. The second-order valence-electron chi connectivity index (χ2n) is 4.00. The largest absolute Gasteiger partial charge is 0.484 e. The van der Waals surface area contributed by atoms with Crippen LogP contribution in [0.2, 0.25) is 0 Å². The van der Waals surface area contributed by atoms with Crippen molar-refractivity contribution < 1.29 is 19.4 Å². The number of ether oxygens (including phenoxy) is 1. The van der Waals surface area contributed by atoms with Crippen LogP contribution >= 0.6 is 0 Å². The van der Waals surface area contributed by atoms with E-state index in [2.05, 4.69) is 13.2 Å². The SMILES string of the molecule is C=CCN(CC=C)C(=O)COc1cccc(C(=O)O)c1. The van der Waals surface area contributed by atoms with Crippen molar-refractivity contribution in [1.29, 1.82) is 0 Å². The zero-order valence-electron chi connectivity index (χ0n) is 11.1. The van der Waals surface area contributed by atoms with Crippen molar-refractivity contribution in [2.24, 2.45) is 0 Å². The lowest BCUT2D eigenvalue weighted by molar-refractivity contribution is -0.132. The van der Waals surface area contributed by atoms with Gasteiger partial charge in [-0.15, -0.1) is 13.2 Å². The molecule has 0 atom stereocenters. The van der Waals surface area contributed by atoms with Gasteiger partial charge in [0.25, 0.3) is 5.91 Å². The monoisotopic (exact) mass is 275 g/mol. The van der Waals surface area contributed by atoms with E-state index in [1.807, 2.05) is 0 Å². The van der Waals surface area contributed by atoms with Gasteiger partial charge in [0, 0.05) is 13.1 Å². The summed E-state index contributed by atoms with van der Waals surface area (Å²) in [6.07, 6.45) is 3.24. The molecule has 0 unspecified atom stereocenters. The molecule has 1 rings (SSSR count). The highest BCUT2D eigenvalue weighted by Gasteiger charge is 2.12. The van der Waals surface area contributed by atoms with E-state index in [1.54, 1.807) is 24.3 Å². The molecule has 1 amide bonds. The minimum absolute atomic E-state index is 0.115. The number of nitrogens with zero attached hydrogens (tertiary/aromatic N) is 1. The van der Waals surface area contributed by atoms with E-state index in [-0.39, 0.29) is 18.1 Å². The molecule has 0 bridgehead atoms. The lowest BCUT2D eigenvalue weighted by atomic mass is 10.2. The summed E-state index contributed by atoms with van der Waals surface area (Å²) >= 11 is 0. The van der Waals surface area contributed by atoms with Crippen LogP contribution in [0.4, 0.5) is 0 Å². The van der Waals surface area contributed by atoms with Crippen molar-refractivity contribution in [2.75, 3.05) is 19.7 Å². The zero-order valence-corrected chi connectivity index (χ0v) is 11.1. The van der Waals surface area contributed by atoms with E-state index in [4.69, 9.17) is 9.84 Å². The number of hydrogen-bond acceptors (Lipinski definition) is 3. The molecule has 5 nitrogen and oxygen atoms in total. The first-order chi connectivity index (χ1) is 9.58. The minimum atomic E-state index is -1.04. The van der Waals surface area contributed by atoms with Crippen molar-refractivity contribution in [3.05, 3.63) is 55.1 Å². The maximum absolute atomic E-state index is 11.9. The zero-order chi connectivity index (χ0) is 15.0. The topological polar surface area (TPSA) is 66.8 Å². The third-order valence-corrected chi connectivity index (χ3v) is 2.49. The standard InChI is InChI=1S/C15H17NO4/c1-3-8-16(9-4-2)14(17)11-20-13-7-5-6-12(10-13)15(18)19/h3-7,10H,1-2,8-9,11H2,(H,18,19). The average molecular weight is 275 g/mol. The van der Waals surface area contributed by atoms with Gasteiger partial charge < -0.3 is 14.7 Å². The Morgan fingerprint density at radius 2 is 1.90 bits per heavy atom. The highest BCUT2D eigenvalue weighted by molar-refractivity contribution is 5.88. The molecule has 0 saturated carbocycles. The van der Waals surface area contributed by atoms with Crippen LogP contribution in [0, 0.1) is 0 Å². The van der Waals surface area contributed by atoms with Gasteiger partial charge in [0.1, 0.15) is 5.75 Å². The van der Waals surface area contributed by atoms with Gasteiger partial charge >= 0.3 is 5.97 Å². The number of amides is 1. The van der Waals surface area contributed by atoms with E-state index in [0.717, 1.165) is 0 Å². The number of benzene rings is 1. The van der Waals surface area contributed by atoms with Gasteiger partial charge in [-0.2, -0.15) is 0 Å². The number of carboxylic acid groups (broad SMARTS) is 1. The molecule has 0 aliphatic heterocycles. The average Bonchev–Trinajstić information content (AvgIpc) is 2.45. The summed E-state index contributed by atoms with van der Waals surface area (Å²) in [4.78, 5) is 24.3. The molecule has 0 spiro atoms. The first kappa shape index (κ1) is 15.5. The number of aromatic carboxylic acids is 1. The molecular weight excluding hydrogens is 258 g/mol. The van der Waals surface area contributed by atoms with Crippen LogP contribution in [-0.2, 0) is 4.79 Å². The van der Waals surface area contributed by atoms with Crippen LogP contribution in [0.5, 0.6) is 5.75 Å². The van der Waals surface area contributed by atoms with Gasteiger partial charge in [-0.05, 0) is 18.2 Å². The minimum Gasteiger partial charge on any atom is -0.484 e. The lowest BCUT2D eigenvalue weighted by Crippen LogP contribution is -2.35. The van der Waals surface area contributed by atoms with E-state index in [9.17, 15) is 9.59 Å². The Morgan fingerprint density at radius 3 is 2.45 bits per heavy atom. The Kier molecular flexibility index (Phi) is 6.03. The van der Waals surface area contributed by atoms with Gasteiger partial charge in [-0.1, -0.05) is 18.2 Å². The van der Waals surface area contributed by atoms with Gasteiger partial charge in [-0.25, -0.2) is 4.79 Å². The van der Waals surface area contributed by atoms with Gasteiger partial charge in [0.05, 0.1) is 5.56 Å². The number of carbonyl (C=O) groups excluding carboxylic acids is 1. The summed E-state index contributed by atoms with van der Waals surface area (Å²) in [7, 11) is 0. The molecule has 1 N–H and O–H groups in total. The fourth-order valence-corrected chi connectivity index (χ4v) is 1.55. The summed E-state index contributed by atoms with van der Waals surface area (Å²) in [6.45, 7) is 7.81. The van der Waals surface area contributed by atoms with Gasteiger partial charge in [0.2, 0.25) is 0 Å². The van der Waals surface area contributed by atoms with Crippen LogP contribution < -0.4 is 4.74 Å². The van der Waals surface area contributed by atoms with Crippen molar-refractivity contribution in [3.8, 4) is 5.75 Å². The number of rotatable bonds is 8. The molecule has 1 aromatic rings. The van der Waals surface area contributed by atoms with E-state index >= 15 is 0 Å². The first-order valence-electron chi connectivity index (χ1n) is 6.04. The molecule has 0 radical (unpaired) electrons. The lowest BCUT2D eigenvalue weighted by Gasteiger charge is -2.19. The Bertz CT molecular complexity index is 500. The Labute approximate surface area is 117 Å². The number of hydrogen-bond donors (Lipinski definition) is 1. The van der Waals surface area contributed by atoms with Crippen LogP contribution in [0.3, 0.4) is 0 Å². The maximum Gasteiger partial charge on any atom is 0.335 e. The first-order valence-corrected chi connectivity index (χ1v) is 6.04. The van der Waals surface area contributed by atoms with Gasteiger partial charge in [0.15, 0.2) is 6.61 Å². The van der Waals surface area contributed by atoms with E-state index in [0.29, 0.717) is 18.8 Å². The molecule has 0 aliphatic carbocycles. The van der Waals surface area contributed by atoms with E-state index in [1.165, 1.54) is 17.0 Å². The molecule has 5 heteroatoms. The summed E-state index contributed by atoms with van der Waals surface area (Å²) < 4.78 is 5.31. The Hall–Kier alpha value is -2.56. The summed E-state index contributed by atoms with van der Waals surface area (Å²) in [5.74, 6) is -0.914. The predicted molar refractivity (Wildman–Crippen MR) is 75.9 cm³/mol. The normalized spacial score (nSPS) is 9.60. The van der Waals surface area contributed by atoms with Gasteiger partial charge in [-0.3, -0.25) is 4.79 Å². The second kappa shape index (κ2) is 7.78. The number of carbonyl (C=O) groups is 2. The summed E-state index contributed by atoms with van der Waals surface area (Å²) in [5.41, 5.74) is 0.115. The van der Waals surface area contributed by atoms with Crippen molar-refractivity contribution >= 4 is 11.9 Å². The molecule has 0 aromatic heterocycles. The molecule has 0 saturated heterocycles. The van der Waals surface area contributed by atoms with Crippen LogP contribution in [0.15, 0.2) is 49.6 Å². The van der Waals surface area contributed by atoms with Crippen LogP contribution in [0.25, 0.3) is 0 Å². The molecule has 106 valence electrons. The summed E-state index contributed by atoms with van der Waals surface area (Å²) in [6, 6.07) is 6.00. The Morgan fingerprint density at radius 1 is 1.25 bits per heavy atom. The van der Waals surface area contributed by atoms with Crippen LogP contribution in [-0.4, -0.2) is 41.6 Å². The molecular formula is C15H17NO4. The highest BCUT2D eigenvalue weighted by Crippen LogP contribution is 2.13.